The summed E-state index contributed by atoms with van der Waals surface area (Å²) in [5.74, 6) is -0.239. The van der Waals surface area contributed by atoms with Gasteiger partial charge in [0.15, 0.2) is 11.3 Å². The summed E-state index contributed by atoms with van der Waals surface area (Å²) in [6.07, 6.45) is 5.33. The highest BCUT2D eigenvalue weighted by Gasteiger charge is 2.17. The van der Waals surface area contributed by atoms with Crippen LogP contribution in [0.4, 0.5) is 0 Å². The number of halogens is 1. The zero-order chi connectivity index (χ0) is 15.9. The largest absolute Gasteiger partial charge is 0.344 e. The fourth-order valence-electron chi connectivity index (χ4n) is 2.36. The third-order valence-corrected chi connectivity index (χ3v) is 3.79. The van der Waals surface area contributed by atoms with Crippen molar-refractivity contribution in [3.63, 3.8) is 0 Å². The molecule has 1 atom stereocenters. The van der Waals surface area contributed by atoms with Gasteiger partial charge in [0.2, 0.25) is 0 Å². The summed E-state index contributed by atoms with van der Waals surface area (Å²) in [5, 5.41) is 11.5. The fourth-order valence-corrected chi connectivity index (χ4v) is 2.65. The van der Waals surface area contributed by atoms with Crippen molar-refractivity contribution in [2.45, 2.75) is 19.9 Å². The minimum Gasteiger partial charge on any atom is -0.344 e. The van der Waals surface area contributed by atoms with E-state index in [1.165, 1.54) is 0 Å². The number of aromatic nitrogens is 5. The predicted octanol–water partition coefficient (Wildman–Crippen LogP) is 2.02. The average molecular weight is 363 g/mol. The number of hydrogen-bond acceptors (Lipinski definition) is 4. The summed E-state index contributed by atoms with van der Waals surface area (Å²) in [6, 6.07) is 1.51. The molecule has 7 nitrogen and oxygen atoms in total. The Bertz CT molecular complexity index is 852. The Balaban J connectivity index is 1.82. The number of carbonyl (C=O) groups excluding carboxylic acids is 1. The van der Waals surface area contributed by atoms with E-state index in [1.807, 2.05) is 27.1 Å². The van der Waals surface area contributed by atoms with Crippen LogP contribution in [0, 0.1) is 6.92 Å². The Morgan fingerprint density at radius 3 is 2.82 bits per heavy atom. The molecule has 22 heavy (non-hydrogen) atoms. The van der Waals surface area contributed by atoms with Crippen molar-refractivity contribution in [1.82, 2.24) is 29.7 Å². The molecule has 0 aliphatic heterocycles. The molecule has 1 amide bonds. The van der Waals surface area contributed by atoms with Gasteiger partial charge in [0, 0.05) is 37.3 Å². The number of hydrogen-bond donors (Lipinski definition) is 1. The third kappa shape index (κ3) is 2.74. The van der Waals surface area contributed by atoms with Gasteiger partial charge in [-0.15, -0.1) is 0 Å². The van der Waals surface area contributed by atoms with Gasteiger partial charge in [0.1, 0.15) is 0 Å². The minimum atomic E-state index is -0.239. The molecule has 0 fully saturated rings. The van der Waals surface area contributed by atoms with Crippen LogP contribution in [-0.2, 0) is 7.05 Å². The summed E-state index contributed by atoms with van der Waals surface area (Å²) >= 11 is 3.33. The second-order valence-corrected chi connectivity index (χ2v) is 6.06. The molecular weight excluding hydrogens is 348 g/mol. The Morgan fingerprint density at radius 2 is 2.14 bits per heavy atom. The van der Waals surface area contributed by atoms with Crippen LogP contribution in [0.5, 0.6) is 0 Å². The van der Waals surface area contributed by atoms with E-state index in [2.05, 4.69) is 36.4 Å². The standard InChI is InChI=1S/C14H15BrN6O/c1-8(11-7-20(3)18-9(11)2)17-14(22)12-4-13-16-5-10(15)6-21(13)19-12/h4-8H,1-3H3,(H,17,22)/t8-/m0/s1. The van der Waals surface area contributed by atoms with Crippen molar-refractivity contribution in [3.8, 4) is 0 Å². The maximum Gasteiger partial charge on any atom is 0.272 e. The first-order chi connectivity index (χ1) is 10.4. The molecule has 1 N–H and O–H groups in total. The SMILES string of the molecule is Cc1nn(C)cc1[C@H](C)NC(=O)c1cc2ncc(Br)cn2n1. The molecule has 0 spiro atoms. The Labute approximate surface area is 135 Å². The number of amides is 1. The van der Waals surface area contributed by atoms with Gasteiger partial charge in [0.05, 0.1) is 16.2 Å². The van der Waals surface area contributed by atoms with Crippen LogP contribution < -0.4 is 5.32 Å². The predicted molar refractivity (Wildman–Crippen MR) is 84.5 cm³/mol. The summed E-state index contributed by atoms with van der Waals surface area (Å²) in [5.41, 5.74) is 2.84. The van der Waals surface area contributed by atoms with E-state index in [-0.39, 0.29) is 11.9 Å². The van der Waals surface area contributed by atoms with Gasteiger partial charge in [-0.05, 0) is 29.8 Å². The van der Waals surface area contributed by atoms with E-state index < -0.39 is 0 Å². The van der Waals surface area contributed by atoms with E-state index in [0.717, 1.165) is 15.7 Å². The molecule has 0 aromatic carbocycles. The molecule has 114 valence electrons. The van der Waals surface area contributed by atoms with Crippen LogP contribution in [0.2, 0.25) is 0 Å². The van der Waals surface area contributed by atoms with Gasteiger partial charge >= 0.3 is 0 Å². The smallest absolute Gasteiger partial charge is 0.272 e. The number of aryl methyl sites for hydroxylation is 2. The van der Waals surface area contributed by atoms with Crippen LogP contribution in [-0.4, -0.2) is 30.3 Å². The van der Waals surface area contributed by atoms with Crippen LogP contribution in [0.1, 0.15) is 34.7 Å². The summed E-state index contributed by atoms with van der Waals surface area (Å²) in [6.45, 7) is 3.84. The molecule has 0 saturated heterocycles. The van der Waals surface area contributed by atoms with E-state index in [1.54, 1.807) is 27.7 Å². The quantitative estimate of drug-likeness (QED) is 0.773. The highest BCUT2D eigenvalue weighted by Crippen LogP contribution is 2.16. The first-order valence-electron chi connectivity index (χ1n) is 6.76. The fraction of sp³-hybridized carbons (Fsp3) is 0.286. The molecule has 8 heteroatoms. The van der Waals surface area contributed by atoms with Gasteiger partial charge in [-0.3, -0.25) is 9.48 Å². The van der Waals surface area contributed by atoms with Gasteiger partial charge < -0.3 is 5.32 Å². The number of rotatable bonds is 3. The van der Waals surface area contributed by atoms with Gasteiger partial charge in [-0.1, -0.05) is 0 Å². The van der Waals surface area contributed by atoms with Crippen molar-refractivity contribution in [2.75, 3.05) is 0 Å². The monoisotopic (exact) mass is 362 g/mol. The highest BCUT2D eigenvalue weighted by molar-refractivity contribution is 9.10. The zero-order valence-electron chi connectivity index (χ0n) is 12.4. The van der Waals surface area contributed by atoms with E-state index >= 15 is 0 Å². The Kier molecular flexibility index (Phi) is 3.69. The minimum absolute atomic E-state index is 0.147. The molecule has 0 bridgehead atoms. The molecule has 3 aromatic rings. The maximum atomic E-state index is 12.3. The number of fused-ring (bicyclic) bond motifs is 1. The molecule has 3 aromatic heterocycles. The number of nitrogens with zero attached hydrogens (tertiary/aromatic N) is 5. The van der Waals surface area contributed by atoms with Gasteiger partial charge in [-0.25, -0.2) is 9.50 Å². The summed E-state index contributed by atoms with van der Waals surface area (Å²) in [4.78, 5) is 16.5. The topological polar surface area (TPSA) is 77.1 Å². The van der Waals surface area contributed by atoms with Gasteiger partial charge in [0.25, 0.3) is 5.91 Å². The van der Waals surface area contributed by atoms with Crippen molar-refractivity contribution >= 4 is 27.5 Å². The van der Waals surface area contributed by atoms with Crippen LogP contribution in [0.3, 0.4) is 0 Å². The van der Waals surface area contributed by atoms with E-state index in [0.29, 0.717) is 11.3 Å². The lowest BCUT2D eigenvalue weighted by molar-refractivity contribution is 0.0934. The Morgan fingerprint density at radius 1 is 1.36 bits per heavy atom. The molecule has 3 rings (SSSR count). The molecule has 0 unspecified atom stereocenters. The average Bonchev–Trinajstić information content (AvgIpc) is 3.01. The first kappa shape index (κ1) is 14.7. The van der Waals surface area contributed by atoms with Crippen molar-refractivity contribution < 1.29 is 4.79 Å². The van der Waals surface area contributed by atoms with Crippen LogP contribution >= 0.6 is 15.9 Å². The summed E-state index contributed by atoms with van der Waals surface area (Å²) in [7, 11) is 1.86. The molecule has 3 heterocycles. The van der Waals surface area contributed by atoms with Crippen molar-refractivity contribution in [2.24, 2.45) is 7.05 Å². The van der Waals surface area contributed by atoms with Crippen LogP contribution in [0.25, 0.3) is 5.65 Å². The van der Waals surface area contributed by atoms with Crippen molar-refractivity contribution in [3.05, 3.63) is 46.1 Å². The first-order valence-corrected chi connectivity index (χ1v) is 7.55. The normalized spacial score (nSPS) is 12.5. The van der Waals surface area contributed by atoms with E-state index in [9.17, 15) is 4.79 Å². The molecule has 0 saturated carbocycles. The lowest BCUT2D eigenvalue weighted by Crippen LogP contribution is -2.27. The summed E-state index contributed by atoms with van der Waals surface area (Å²) < 4.78 is 4.10. The maximum absolute atomic E-state index is 12.3. The van der Waals surface area contributed by atoms with Gasteiger partial charge in [-0.2, -0.15) is 10.2 Å². The van der Waals surface area contributed by atoms with Crippen molar-refractivity contribution in [1.29, 1.82) is 0 Å². The Hall–Kier alpha value is -2.22. The van der Waals surface area contributed by atoms with E-state index in [4.69, 9.17) is 0 Å². The lowest BCUT2D eigenvalue weighted by Gasteiger charge is -2.11. The number of carbonyl (C=O) groups is 1. The van der Waals surface area contributed by atoms with Crippen LogP contribution in [0.15, 0.2) is 29.1 Å². The molecule has 0 aliphatic carbocycles. The second-order valence-electron chi connectivity index (χ2n) is 5.14. The highest BCUT2D eigenvalue weighted by atomic mass is 79.9. The zero-order valence-corrected chi connectivity index (χ0v) is 14.0. The lowest BCUT2D eigenvalue weighted by atomic mass is 10.1. The molecule has 0 radical (unpaired) electrons. The second kappa shape index (κ2) is 5.53. The molecule has 0 aliphatic rings. The third-order valence-electron chi connectivity index (χ3n) is 3.38. The number of nitrogens with one attached hydrogen (secondary N) is 1. The molecular formula is C14H15BrN6O.